The van der Waals surface area contributed by atoms with Crippen LogP contribution in [0.4, 0.5) is 0 Å². The van der Waals surface area contributed by atoms with E-state index in [0.717, 1.165) is 33.0 Å². The van der Waals surface area contributed by atoms with Gasteiger partial charge in [0.05, 0.1) is 79.3 Å². The zero-order valence-corrected chi connectivity index (χ0v) is 17.2. The third-order valence-corrected chi connectivity index (χ3v) is 5.38. The van der Waals surface area contributed by atoms with E-state index in [9.17, 15) is 0 Å². The maximum atomic E-state index is 6.26. The first-order chi connectivity index (χ1) is 14.8. The Morgan fingerprint density at radius 3 is 1.20 bits per heavy atom. The molecule has 5 rings (SSSR count). The van der Waals surface area contributed by atoms with Crippen molar-refractivity contribution >= 4 is 0 Å². The van der Waals surface area contributed by atoms with Gasteiger partial charge in [0.25, 0.3) is 0 Å². The second-order valence-electron chi connectivity index (χ2n) is 8.39. The summed E-state index contributed by atoms with van der Waals surface area (Å²) in [6, 6.07) is 0. The minimum Gasteiger partial charge on any atom is -0.376 e. The molecule has 5 aliphatic heterocycles. The third kappa shape index (κ3) is 7.94. The van der Waals surface area contributed by atoms with Crippen LogP contribution in [0.1, 0.15) is 0 Å². The van der Waals surface area contributed by atoms with Crippen molar-refractivity contribution in [3.63, 3.8) is 0 Å². The summed E-state index contributed by atoms with van der Waals surface area (Å²) in [7, 11) is 0. The van der Waals surface area contributed by atoms with Crippen molar-refractivity contribution in [3.05, 3.63) is 0 Å². The van der Waals surface area contributed by atoms with Crippen LogP contribution in [0.3, 0.4) is 0 Å². The van der Waals surface area contributed by atoms with Crippen molar-refractivity contribution in [1.29, 1.82) is 0 Å². The summed E-state index contributed by atoms with van der Waals surface area (Å²) < 4.78 is 56.8. The van der Waals surface area contributed by atoms with Crippen molar-refractivity contribution in [3.8, 4) is 0 Å². The normalized spacial score (nSPS) is 36.2. The average molecular weight is 432 g/mol. The van der Waals surface area contributed by atoms with E-state index in [2.05, 4.69) is 0 Å². The van der Waals surface area contributed by atoms with E-state index in [1.807, 2.05) is 0 Å². The molecule has 0 amide bonds. The van der Waals surface area contributed by atoms with Crippen LogP contribution in [0, 0.1) is 0 Å². The second-order valence-corrected chi connectivity index (χ2v) is 8.39. The third-order valence-electron chi connectivity index (χ3n) is 5.38. The lowest BCUT2D eigenvalue weighted by Gasteiger charge is -2.33. The highest BCUT2D eigenvalue weighted by Crippen LogP contribution is 2.22. The van der Waals surface area contributed by atoms with Gasteiger partial charge in [-0.05, 0) is 0 Å². The lowest BCUT2D eigenvalue weighted by atomic mass is 10.1. The molecule has 6 unspecified atom stereocenters. The van der Waals surface area contributed by atoms with Crippen LogP contribution >= 0.6 is 0 Å². The molecule has 8 atom stereocenters. The van der Waals surface area contributed by atoms with E-state index in [-0.39, 0.29) is 48.8 Å². The van der Waals surface area contributed by atoms with Gasteiger partial charge in [0.1, 0.15) is 48.8 Å². The van der Waals surface area contributed by atoms with E-state index >= 15 is 0 Å². The van der Waals surface area contributed by atoms with Gasteiger partial charge in [0.15, 0.2) is 0 Å². The van der Waals surface area contributed by atoms with Crippen molar-refractivity contribution in [2.24, 2.45) is 0 Å². The van der Waals surface area contributed by atoms with E-state index in [1.165, 1.54) is 0 Å². The summed E-state index contributed by atoms with van der Waals surface area (Å²) in [6.07, 6.45) is -0.199. The Balaban J connectivity index is 1.20. The number of hydrogen-bond donors (Lipinski definition) is 0. The molecule has 0 saturated carbocycles. The number of hydrogen-bond acceptors (Lipinski definition) is 10. The van der Waals surface area contributed by atoms with Crippen molar-refractivity contribution in [1.82, 2.24) is 0 Å². The number of ether oxygens (including phenoxy) is 10. The van der Waals surface area contributed by atoms with Crippen LogP contribution in [0.25, 0.3) is 0 Å². The van der Waals surface area contributed by atoms with E-state index in [0.29, 0.717) is 46.2 Å². The van der Waals surface area contributed by atoms with E-state index in [4.69, 9.17) is 47.4 Å². The Kier molecular flexibility index (Phi) is 7.49. The molecule has 0 aromatic heterocycles. The van der Waals surface area contributed by atoms with Crippen molar-refractivity contribution in [2.75, 3.05) is 79.3 Å². The highest BCUT2D eigenvalue weighted by Gasteiger charge is 2.38. The van der Waals surface area contributed by atoms with E-state index in [1.54, 1.807) is 0 Å². The second kappa shape index (κ2) is 10.5. The van der Waals surface area contributed by atoms with Crippen LogP contribution in [-0.4, -0.2) is 128 Å². The molecule has 10 heteroatoms. The first kappa shape index (κ1) is 21.4. The standard InChI is InChI=1S/C20H32O10/c1(13-3-23-13)21-11-18(28-8-15-5-25-15)20(30-10-17-7-27-17)19(29-9-16-6-26-16)12-22-2-14-4-24-14/h13-20H,1-12H2/t13?,14?,15?,16?,17?,18-,19+,20?. The molecule has 0 spiro atoms. The first-order valence-electron chi connectivity index (χ1n) is 10.9. The number of epoxide rings is 5. The molecule has 5 saturated heterocycles. The molecular formula is C20H32O10. The van der Waals surface area contributed by atoms with E-state index < -0.39 is 0 Å². The summed E-state index contributed by atoms with van der Waals surface area (Å²) in [4.78, 5) is 0. The molecule has 0 radical (unpaired) electrons. The molecule has 0 N–H and O–H groups in total. The maximum absolute atomic E-state index is 6.26. The zero-order valence-electron chi connectivity index (χ0n) is 17.2. The Morgan fingerprint density at radius 2 is 0.833 bits per heavy atom. The minimum atomic E-state index is -0.369. The molecule has 5 aliphatic rings. The predicted octanol–water partition coefficient (Wildman–Crippen LogP) is -0.831. The highest BCUT2D eigenvalue weighted by atomic mass is 16.7. The summed E-state index contributed by atoms with van der Waals surface area (Å²) in [5.41, 5.74) is 0. The van der Waals surface area contributed by atoms with Crippen LogP contribution in [0.2, 0.25) is 0 Å². The fourth-order valence-corrected chi connectivity index (χ4v) is 3.06. The predicted molar refractivity (Wildman–Crippen MR) is 99.6 cm³/mol. The summed E-state index contributed by atoms with van der Waals surface area (Å²) in [6.45, 7) is 7.05. The topological polar surface area (TPSA) is 109 Å². The average Bonchev–Trinajstić information content (AvgIpc) is 3.54. The molecule has 5 fully saturated rings. The van der Waals surface area contributed by atoms with Gasteiger partial charge in [-0.1, -0.05) is 0 Å². The Hall–Kier alpha value is -0.400. The molecule has 172 valence electrons. The fourth-order valence-electron chi connectivity index (χ4n) is 3.06. The lowest BCUT2D eigenvalue weighted by Crippen LogP contribution is -2.48. The van der Waals surface area contributed by atoms with Gasteiger partial charge < -0.3 is 47.4 Å². The lowest BCUT2D eigenvalue weighted by molar-refractivity contribution is -0.173. The van der Waals surface area contributed by atoms with Gasteiger partial charge in [-0.3, -0.25) is 0 Å². The Morgan fingerprint density at radius 1 is 0.500 bits per heavy atom. The molecule has 0 aromatic rings. The van der Waals surface area contributed by atoms with Crippen LogP contribution in [0.5, 0.6) is 0 Å². The molecular weight excluding hydrogens is 400 g/mol. The maximum Gasteiger partial charge on any atom is 0.114 e. The number of rotatable bonds is 19. The molecule has 10 nitrogen and oxygen atoms in total. The van der Waals surface area contributed by atoms with Crippen LogP contribution < -0.4 is 0 Å². The molecule has 0 aliphatic carbocycles. The van der Waals surface area contributed by atoms with Gasteiger partial charge in [-0.15, -0.1) is 0 Å². The Labute approximate surface area is 176 Å². The fraction of sp³-hybridized carbons (Fsp3) is 1.00. The molecule has 0 bridgehead atoms. The summed E-state index contributed by atoms with van der Waals surface area (Å²) in [5.74, 6) is 0. The first-order valence-corrected chi connectivity index (χ1v) is 10.9. The molecule has 5 heterocycles. The van der Waals surface area contributed by atoms with Gasteiger partial charge in [-0.25, -0.2) is 0 Å². The van der Waals surface area contributed by atoms with Gasteiger partial charge >= 0.3 is 0 Å². The van der Waals surface area contributed by atoms with Crippen molar-refractivity contribution < 1.29 is 47.4 Å². The minimum absolute atomic E-state index is 0.133. The quantitative estimate of drug-likeness (QED) is 0.240. The molecule has 30 heavy (non-hydrogen) atoms. The van der Waals surface area contributed by atoms with Gasteiger partial charge in [0.2, 0.25) is 0 Å². The largest absolute Gasteiger partial charge is 0.376 e. The summed E-state index contributed by atoms with van der Waals surface area (Å²) >= 11 is 0. The smallest absolute Gasteiger partial charge is 0.114 e. The SMILES string of the molecule is C(OC[C@H](OCC1CO1)C(OCC1CO1)[C@@H](COCC1CO1)OCC1CO1)C1CO1. The van der Waals surface area contributed by atoms with Crippen molar-refractivity contribution in [2.45, 2.75) is 48.8 Å². The highest BCUT2D eigenvalue weighted by molar-refractivity contribution is 4.85. The Bertz CT molecular complexity index is 478. The summed E-state index contributed by atoms with van der Waals surface area (Å²) in [5, 5.41) is 0. The van der Waals surface area contributed by atoms with Gasteiger partial charge in [0, 0.05) is 0 Å². The molecule has 0 aromatic carbocycles. The van der Waals surface area contributed by atoms with Gasteiger partial charge in [-0.2, -0.15) is 0 Å². The zero-order chi connectivity index (χ0) is 20.2. The monoisotopic (exact) mass is 432 g/mol. The van der Waals surface area contributed by atoms with Crippen LogP contribution in [0.15, 0.2) is 0 Å². The van der Waals surface area contributed by atoms with Crippen LogP contribution in [-0.2, 0) is 47.4 Å².